The number of aliphatic imine (C=N–C) groups is 1. The summed E-state index contributed by atoms with van der Waals surface area (Å²) in [5, 5.41) is 10.7. The minimum Gasteiger partial charge on any atom is -0.357 e. The largest absolute Gasteiger partial charge is 0.357 e. The van der Waals surface area contributed by atoms with E-state index in [1.807, 2.05) is 61.2 Å². The normalized spacial score (nSPS) is 16.7. The van der Waals surface area contributed by atoms with Crippen LogP contribution in [-0.4, -0.2) is 78.3 Å². The van der Waals surface area contributed by atoms with Gasteiger partial charge in [0.05, 0.1) is 12.7 Å². The summed E-state index contributed by atoms with van der Waals surface area (Å²) in [6.45, 7) is 6.80. The fraction of sp³-hybridized carbons (Fsp3) is 0.522. The van der Waals surface area contributed by atoms with Crippen molar-refractivity contribution < 1.29 is 4.79 Å². The number of guanidine groups is 1. The van der Waals surface area contributed by atoms with Crippen molar-refractivity contribution in [2.75, 3.05) is 46.8 Å². The average Bonchev–Trinajstić information content (AvgIpc) is 3.40. The number of nitrogens with one attached hydrogen (secondary N) is 2. The fourth-order valence-electron chi connectivity index (χ4n) is 3.77. The molecule has 1 atom stereocenters. The molecule has 1 fully saturated rings. The van der Waals surface area contributed by atoms with Crippen molar-refractivity contribution in [3.05, 3.63) is 53.3 Å². The molecule has 1 aliphatic rings. The van der Waals surface area contributed by atoms with Crippen LogP contribution in [0.5, 0.6) is 0 Å². The maximum absolute atomic E-state index is 12.4. The quantitative estimate of drug-likeness (QED) is 0.497. The van der Waals surface area contributed by atoms with E-state index in [1.165, 1.54) is 5.56 Å². The van der Waals surface area contributed by atoms with Gasteiger partial charge < -0.3 is 20.4 Å². The van der Waals surface area contributed by atoms with E-state index < -0.39 is 0 Å². The Morgan fingerprint density at radius 2 is 2.16 bits per heavy atom. The van der Waals surface area contributed by atoms with E-state index in [4.69, 9.17) is 4.99 Å². The second-order valence-electron chi connectivity index (χ2n) is 8.31. The first-order valence-corrected chi connectivity index (χ1v) is 11.0. The summed E-state index contributed by atoms with van der Waals surface area (Å²) >= 11 is 0. The summed E-state index contributed by atoms with van der Waals surface area (Å²) in [6.07, 6.45) is 5.17. The van der Waals surface area contributed by atoms with Gasteiger partial charge in [0.1, 0.15) is 0 Å². The van der Waals surface area contributed by atoms with Crippen molar-refractivity contribution >= 4 is 11.9 Å². The highest BCUT2D eigenvalue weighted by Gasteiger charge is 2.26. The molecule has 2 heterocycles. The molecule has 1 amide bonds. The van der Waals surface area contributed by atoms with Crippen molar-refractivity contribution in [1.82, 2.24) is 30.2 Å². The van der Waals surface area contributed by atoms with Crippen LogP contribution in [0.15, 0.2) is 41.7 Å². The molecule has 0 aliphatic carbocycles. The van der Waals surface area contributed by atoms with Crippen molar-refractivity contribution in [2.24, 2.45) is 12.0 Å². The molecule has 8 heteroatoms. The number of aromatic nitrogens is 2. The number of carbonyl (C=O) groups excluding carboxylic acids is 1. The number of likely N-dealkylation sites (N-methyl/N-ethyl adjacent to an activating group) is 1. The monoisotopic (exact) mass is 425 g/mol. The van der Waals surface area contributed by atoms with Gasteiger partial charge in [-0.05, 0) is 50.7 Å². The van der Waals surface area contributed by atoms with Gasteiger partial charge in [0.15, 0.2) is 5.96 Å². The molecule has 168 valence electrons. The third kappa shape index (κ3) is 6.55. The fourth-order valence-corrected chi connectivity index (χ4v) is 3.77. The second kappa shape index (κ2) is 10.9. The highest BCUT2D eigenvalue weighted by atomic mass is 16.1. The number of hydrogen-bond donors (Lipinski definition) is 2. The van der Waals surface area contributed by atoms with E-state index in [-0.39, 0.29) is 5.91 Å². The van der Waals surface area contributed by atoms with Crippen LogP contribution in [-0.2, 0) is 13.6 Å². The molecular formula is C23H35N7O. The molecule has 1 aliphatic heterocycles. The first-order chi connectivity index (χ1) is 15.0. The Labute approximate surface area is 185 Å². The summed E-state index contributed by atoms with van der Waals surface area (Å²) in [6, 6.07) is 7.72. The number of benzene rings is 1. The maximum Gasteiger partial charge on any atom is 0.251 e. The lowest BCUT2D eigenvalue weighted by Gasteiger charge is -2.21. The first-order valence-electron chi connectivity index (χ1n) is 11.0. The highest BCUT2D eigenvalue weighted by molar-refractivity contribution is 5.94. The van der Waals surface area contributed by atoms with Gasteiger partial charge in [-0.2, -0.15) is 5.10 Å². The molecule has 2 N–H and O–H groups in total. The van der Waals surface area contributed by atoms with Gasteiger partial charge in [0.25, 0.3) is 5.91 Å². The zero-order chi connectivity index (χ0) is 22.2. The van der Waals surface area contributed by atoms with E-state index in [0.717, 1.165) is 44.1 Å². The van der Waals surface area contributed by atoms with Crippen molar-refractivity contribution in [1.29, 1.82) is 0 Å². The predicted octanol–water partition coefficient (Wildman–Crippen LogP) is 1.67. The number of aryl methyl sites for hydroxylation is 1. The summed E-state index contributed by atoms with van der Waals surface area (Å²) in [5.41, 5.74) is 2.99. The Bertz CT molecular complexity index is 890. The molecule has 1 unspecified atom stereocenters. The zero-order valence-electron chi connectivity index (χ0n) is 19.1. The van der Waals surface area contributed by atoms with Crippen LogP contribution in [0.1, 0.15) is 40.7 Å². The van der Waals surface area contributed by atoms with Crippen LogP contribution < -0.4 is 10.6 Å². The van der Waals surface area contributed by atoms with E-state index in [1.54, 1.807) is 0 Å². The topological polar surface area (TPSA) is 77.8 Å². The van der Waals surface area contributed by atoms with Crippen LogP contribution in [0.2, 0.25) is 0 Å². The van der Waals surface area contributed by atoms with Gasteiger partial charge in [0.2, 0.25) is 0 Å². The molecule has 8 nitrogen and oxygen atoms in total. The number of carbonyl (C=O) groups is 1. The number of amides is 1. The Balaban J connectivity index is 1.62. The van der Waals surface area contributed by atoms with Gasteiger partial charge in [-0.3, -0.25) is 9.48 Å². The lowest BCUT2D eigenvalue weighted by molar-refractivity contribution is 0.0951. The van der Waals surface area contributed by atoms with E-state index >= 15 is 0 Å². The lowest BCUT2D eigenvalue weighted by Crippen LogP contribution is -2.40. The molecule has 0 saturated carbocycles. The summed E-state index contributed by atoms with van der Waals surface area (Å²) in [7, 11) is 5.94. The van der Waals surface area contributed by atoms with Crippen LogP contribution in [0.25, 0.3) is 0 Å². The third-order valence-electron chi connectivity index (χ3n) is 5.46. The average molecular weight is 426 g/mol. The number of rotatable bonds is 8. The van der Waals surface area contributed by atoms with E-state index in [9.17, 15) is 4.79 Å². The molecule has 1 saturated heterocycles. The molecule has 3 rings (SSSR count). The molecular weight excluding hydrogens is 390 g/mol. The summed E-state index contributed by atoms with van der Waals surface area (Å²) in [4.78, 5) is 21.6. The van der Waals surface area contributed by atoms with Gasteiger partial charge in [0, 0.05) is 57.4 Å². The molecule has 2 aromatic rings. The standard InChI is InChI=1S/C23H35N7O/c1-5-24-23(30-11-9-20(17-30)21-15-27-29(4)16-21)26-14-18-7-6-8-19(13-18)22(31)25-10-12-28(2)3/h6-8,13,15-16,20H,5,9-12,14,17H2,1-4H3,(H,24,26)(H,25,31). The number of likely N-dealkylation sites (tertiary alicyclic amines) is 1. The maximum atomic E-state index is 12.4. The molecule has 1 aromatic heterocycles. The lowest BCUT2D eigenvalue weighted by atomic mass is 10.0. The zero-order valence-corrected chi connectivity index (χ0v) is 19.1. The molecule has 0 bridgehead atoms. The Hall–Kier alpha value is -2.87. The van der Waals surface area contributed by atoms with Crippen molar-refractivity contribution in [3.8, 4) is 0 Å². The van der Waals surface area contributed by atoms with Crippen LogP contribution in [0.4, 0.5) is 0 Å². The van der Waals surface area contributed by atoms with Gasteiger partial charge >= 0.3 is 0 Å². The van der Waals surface area contributed by atoms with Gasteiger partial charge in [-0.15, -0.1) is 0 Å². The van der Waals surface area contributed by atoms with Crippen LogP contribution in [0, 0.1) is 0 Å². The summed E-state index contributed by atoms with van der Waals surface area (Å²) < 4.78 is 1.86. The molecule has 1 aromatic carbocycles. The van der Waals surface area contributed by atoms with Crippen LogP contribution >= 0.6 is 0 Å². The minimum absolute atomic E-state index is 0.0431. The van der Waals surface area contributed by atoms with Gasteiger partial charge in [-0.25, -0.2) is 4.99 Å². The van der Waals surface area contributed by atoms with E-state index in [0.29, 0.717) is 24.6 Å². The van der Waals surface area contributed by atoms with E-state index in [2.05, 4.69) is 33.8 Å². The Morgan fingerprint density at radius 3 is 2.87 bits per heavy atom. The predicted molar refractivity (Wildman–Crippen MR) is 124 cm³/mol. The smallest absolute Gasteiger partial charge is 0.251 e. The first kappa shape index (κ1) is 22.8. The summed E-state index contributed by atoms with van der Waals surface area (Å²) in [5.74, 6) is 1.36. The third-order valence-corrected chi connectivity index (χ3v) is 5.46. The van der Waals surface area contributed by atoms with Crippen molar-refractivity contribution in [2.45, 2.75) is 25.8 Å². The molecule has 31 heavy (non-hydrogen) atoms. The molecule has 0 radical (unpaired) electrons. The van der Waals surface area contributed by atoms with Gasteiger partial charge in [-0.1, -0.05) is 12.1 Å². The van der Waals surface area contributed by atoms with Crippen molar-refractivity contribution in [3.63, 3.8) is 0 Å². The number of nitrogens with zero attached hydrogens (tertiary/aromatic N) is 5. The second-order valence-corrected chi connectivity index (χ2v) is 8.31. The highest BCUT2D eigenvalue weighted by Crippen LogP contribution is 2.26. The minimum atomic E-state index is -0.0431. The Kier molecular flexibility index (Phi) is 8.06. The Morgan fingerprint density at radius 1 is 1.32 bits per heavy atom. The molecule has 0 spiro atoms. The number of hydrogen-bond acceptors (Lipinski definition) is 4. The van der Waals surface area contributed by atoms with Crippen LogP contribution in [0.3, 0.4) is 0 Å². The SMILES string of the molecule is CCNC(=NCc1cccc(C(=O)NCCN(C)C)c1)N1CCC(c2cnn(C)c2)C1.